The molecule has 6 rings (SSSR count). The molecule has 0 radical (unpaired) electrons. The van der Waals surface area contributed by atoms with E-state index in [1.807, 2.05) is 0 Å². The third-order valence-corrected chi connectivity index (χ3v) is 7.05. The van der Waals surface area contributed by atoms with Gasteiger partial charge in [0.05, 0.1) is 6.04 Å². The summed E-state index contributed by atoms with van der Waals surface area (Å²) in [6.07, 6.45) is 4.25. The number of fused-ring (bicyclic) bond motifs is 3. The number of Topliss-reactive ketones (excluding diaryl/α,β-unsaturated/α-hetero) is 1. The molecule has 3 heterocycles. The van der Waals surface area contributed by atoms with E-state index in [4.69, 9.17) is 0 Å². The molecule has 3 fully saturated rings. The van der Waals surface area contributed by atoms with Gasteiger partial charge >= 0.3 is 0 Å². The maximum Gasteiger partial charge on any atom is 0.154 e. The number of hydrogen-bond donors (Lipinski definition) is 0. The van der Waals surface area contributed by atoms with E-state index in [0.29, 0.717) is 11.8 Å². The molecule has 0 amide bonds. The highest BCUT2D eigenvalue weighted by molar-refractivity contribution is 5.89. The first kappa shape index (κ1) is 19.3. The molecule has 4 unspecified atom stereocenters. The van der Waals surface area contributed by atoms with Crippen LogP contribution in [-0.4, -0.2) is 29.3 Å². The summed E-state index contributed by atoms with van der Waals surface area (Å²) in [5.41, 5.74) is 3.89. The third-order valence-electron chi connectivity index (χ3n) is 7.05. The first-order valence-electron chi connectivity index (χ1n) is 11.2. The van der Waals surface area contributed by atoms with Gasteiger partial charge in [0.25, 0.3) is 0 Å². The second kappa shape index (κ2) is 8.57. The molecule has 30 heavy (non-hydrogen) atoms. The van der Waals surface area contributed by atoms with Crippen molar-refractivity contribution in [1.82, 2.24) is 4.90 Å². The van der Waals surface area contributed by atoms with E-state index in [9.17, 15) is 4.79 Å². The van der Waals surface area contributed by atoms with Gasteiger partial charge in [-0.3, -0.25) is 9.69 Å². The first-order chi connectivity index (χ1) is 14.8. The Labute approximate surface area is 179 Å². The number of benzene rings is 3. The van der Waals surface area contributed by atoms with Gasteiger partial charge in [-0.15, -0.1) is 0 Å². The lowest BCUT2D eigenvalue weighted by Crippen LogP contribution is -2.62. The van der Waals surface area contributed by atoms with Gasteiger partial charge in [-0.25, -0.2) is 0 Å². The Hall–Kier alpha value is -2.71. The monoisotopic (exact) mass is 395 g/mol. The number of ketones is 1. The van der Waals surface area contributed by atoms with Crippen molar-refractivity contribution < 1.29 is 4.79 Å². The van der Waals surface area contributed by atoms with Crippen molar-refractivity contribution in [3.8, 4) is 0 Å². The van der Waals surface area contributed by atoms with Crippen LogP contribution in [0.3, 0.4) is 0 Å². The zero-order valence-electron chi connectivity index (χ0n) is 17.4. The van der Waals surface area contributed by atoms with Crippen molar-refractivity contribution in [3.05, 3.63) is 108 Å². The average molecular weight is 396 g/mol. The van der Waals surface area contributed by atoms with E-state index in [1.165, 1.54) is 16.7 Å². The Morgan fingerprint density at radius 1 is 0.800 bits per heavy atom. The second-order valence-electron chi connectivity index (χ2n) is 8.78. The lowest BCUT2D eigenvalue weighted by Gasteiger charge is -2.52. The number of aryl methyl sites for hydroxylation is 1. The Balaban J connectivity index is 1.46. The summed E-state index contributed by atoms with van der Waals surface area (Å²) < 4.78 is 0. The molecule has 4 atom stereocenters. The summed E-state index contributed by atoms with van der Waals surface area (Å²) in [4.78, 5) is 16.1. The molecule has 0 aliphatic carbocycles. The van der Waals surface area contributed by atoms with Crippen LogP contribution in [-0.2, 0) is 11.2 Å². The molecule has 0 N–H and O–H groups in total. The van der Waals surface area contributed by atoms with Crippen LogP contribution in [0.4, 0.5) is 0 Å². The van der Waals surface area contributed by atoms with Crippen LogP contribution in [0.5, 0.6) is 0 Å². The smallest absolute Gasteiger partial charge is 0.154 e. The maximum atomic E-state index is 13.6. The standard InChI is InChI=1S/C28H29NO/c30-28-24-18-19-29(25(20-24)17-16-21-10-4-1-5-11-21)27(28)26(22-12-6-2-7-13-22)23-14-8-3-9-15-23/h1-15,24-27H,16-20H2. The summed E-state index contributed by atoms with van der Waals surface area (Å²) in [6, 6.07) is 32.4. The van der Waals surface area contributed by atoms with Gasteiger partial charge in [0.2, 0.25) is 0 Å². The molecule has 3 aliphatic heterocycles. The molecule has 2 nitrogen and oxygen atoms in total. The summed E-state index contributed by atoms with van der Waals surface area (Å²) in [5.74, 6) is 0.771. The molecule has 0 spiro atoms. The predicted octanol–water partition coefficient (Wildman–Crippen LogP) is 5.48. The fourth-order valence-corrected chi connectivity index (χ4v) is 5.59. The lowest BCUT2D eigenvalue weighted by molar-refractivity contribution is -0.142. The van der Waals surface area contributed by atoms with Gasteiger partial charge in [0, 0.05) is 17.9 Å². The number of nitrogens with zero attached hydrogens (tertiary/aromatic N) is 1. The van der Waals surface area contributed by atoms with Gasteiger partial charge in [-0.1, -0.05) is 91.0 Å². The SMILES string of the molecule is O=C1C2CCN(C(CCc3ccccc3)C2)C1C(c1ccccc1)c1ccccc1. The summed E-state index contributed by atoms with van der Waals surface area (Å²) >= 11 is 0. The number of carbonyl (C=O) groups is 1. The number of hydrogen-bond acceptors (Lipinski definition) is 2. The van der Waals surface area contributed by atoms with Crippen LogP contribution in [0, 0.1) is 5.92 Å². The van der Waals surface area contributed by atoms with E-state index < -0.39 is 0 Å². The van der Waals surface area contributed by atoms with E-state index in [0.717, 1.165) is 32.2 Å². The van der Waals surface area contributed by atoms with Gasteiger partial charge < -0.3 is 0 Å². The molecule has 0 saturated carbocycles. The average Bonchev–Trinajstić information content (AvgIpc) is 2.82. The highest BCUT2D eigenvalue weighted by Crippen LogP contribution is 2.43. The van der Waals surface area contributed by atoms with Crippen molar-refractivity contribution in [2.45, 2.75) is 43.7 Å². The third kappa shape index (κ3) is 3.73. The summed E-state index contributed by atoms with van der Waals surface area (Å²) in [5, 5.41) is 0. The Bertz CT molecular complexity index is 930. The Morgan fingerprint density at radius 3 is 1.97 bits per heavy atom. The maximum absolute atomic E-state index is 13.6. The van der Waals surface area contributed by atoms with Crippen LogP contribution in [0.2, 0.25) is 0 Å². The van der Waals surface area contributed by atoms with Crippen LogP contribution >= 0.6 is 0 Å². The Kier molecular flexibility index (Phi) is 5.50. The number of rotatable bonds is 6. The molecule has 3 aliphatic rings. The molecular weight excluding hydrogens is 366 g/mol. The van der Waals surface area contributed by atoms with Crippen LogP contribution < -0.4 is 0 Å². The molecule has 2 heteroatoms. The lowest BCUT2D eigenvalue weighted by atomic mass is 9.70. The van der Waals surface area contributed by atoms with Gasteiger partial charge in [-0.05, 0) is 48.9 Å². The molecule has 3 aromatic rings. The topological polar surface area (TPSA) is 20.3 Å². The second-order valence-corrected chi connectivity index (χ2v) is 8.78. The van der Waals surface area contributed by atoms with Crippen molar-refractivity contribution >= 4 is 5.78 Å². The van der Waals surface area contributed by atoms with E-state index >= 15 is 0 Å². The Morgan fingerprint density at radius 2 is 1.37 bits per heavy atom. The molecule has 3 saturated heterocycles. The zero-order valence-corrected chi connectivity index (χ0v) is 17.4. The van der Waals surface area contributed by atoms with Gasteiger partial charge in [0.15, 0.2) is 5.78 Å². The molecule has 152 valence electrons. The fourth-order valence-electron chi connectivity index (χ4n) is 5.59. The minimum absolute atomic E-state index is 0.0527. The molecular formula is C28H29NO. The summed E-state index contributed by atoms with van der Waals surface area (Å²) in [6.45, 7) is 1.04. The normalized spacial score (nSPS) is 25.6. The van der Waals surface area contributed by atoms with Gasteiger partial charge in [-0.2, -0.15) is 0 Å². The number of piperidine rings is 3. The van der Waals surface area contributed by atoms with Crippen molar-refractivity contribution in [2.24, 2.45) is 5.92 Å². The highest BCUT2D eigenvalue weighted by Gasteiger charge is 2.49. The van der Waals surface area contributed by atoms with Crippen molar-refractivity contribution in [1.29, 1.82) is 0 Å². The van der Waals surface area contributed by atoms with Crippen LogP contribution in [0.1, 0.15) is 41.9 Å². The van der Waals surface area contributed by atoms with Gasteiger partial charge in [0.1, 0.15) is 0 Å². The minimum Gasteiger partial charge on any atom is -0.298 e. The van der Waals surface area contributed by atoms with Crippen LogP contribution in [0.15, 0.2) is 91.0 Å². The molecule has 2 bridgehead atoms. The molecule has 0 aromatic heterocycles. The summed E-state index contributed by atoms with van der Waals surface area (Å²) in [7, 11) is 0. The van der Waals surface area contributed by atoms with E-state index in [-0.39, 0.29) is 17.9 Å². The number of carbonyl (C=O) groups excluding carboxylic acids is 1. The highest BCUT2D eigenvalue weighted by atomic mass is 16.1. The largest absolute Gasteiger partial charge is 0.298 e. The first-order valence-corrected chi connectivity index (χ1v) is 11.2. The van der Waals surface area contributed by atoms with E-state index in [2.05, 4.69) is 95.9 Å². The van der Waals surface area contributed by atoms with E-state index in [1.54, 1.807) is 0 Å². The molecule has 3 aromatic carbocycles. The van der Waals surface area contributed by atoms with Crippen LogP contribution in [0.25, 0.3) is 0 Å². The van der Waals surface area contributed by atoms with Crippen molar-refractivity contribution in [2.75, 3.05) is 6.54 Å². The quantitative estimate of drug-likeness (QED) is 0.551. The zero-order chi connectivity index (χ0) is 20.3. The fraction of sp³-hybridized carbons (Fsp3) is 0.321. The minimum atomic E-state index is -0.0527. The predicted molar refractivity (Wildman–Crippen MR) is 122 cm³/mol. The van der Waals surface area contributed by atoms with Crippen molar-refractivity contribution in [3.63, 3.8) is 0 Å².